The van der Waals surface area contributed by atoms with Gasteiger partial charge >= 0.3 is 0 Å². The van der Waals surface area contributed by atoms with Crippen molar-refractivity contribution in [3.63, 3.8) is 0 Å². The molecule has 0 atom stereocenters. The average Bonchev–Trinajstić information content (AvgIpc) is 2.08. The molecule has 0 aromatic carbocycles. The third-order valence-electron chi connectivity index (χ3n) is 1.43. The van der Waals surface area contributed by atoms with Crippen LogP contribution in [-0.4, -0.2) is 10.8 Å². The van der Waals surface area contributed by atoms with Gasteiger partial charge in [-0.25, -0.2) is 4.98 Å². The third-order valence-corrected chi connectivity index (χ3v) is 1.94. The number of halogens is 2. The van der Waals surface area contributed by atoms with Crippen LogP contribution in [0.25, 0.3) is 0 Å². The summed E-state index contributed by atoms with van der Waals surface area (Å²) in [6.45, 7) is 1.76. The van der Waals surface area contributed by atoms with Crippen molar-refractivity contribution < 1.29 is 4.79 Å². The van der Waals surface area contributed by atoms with Gasteiger partial charge in [-0.2, -0.15) is 0 Å². The summed E-state index contributed by atoms with van der Waals surface area (Å²) >= 11 is 11.3. The van der Waals surface area contributed by atoms with Crippen LogP contribution in [-0.2, 0) is 0 Å². The van der Waals surface area contributed by atoms with E-state index in [1.165, 1.54) is 12.3 Å². The fourth-order valence-electron chi connectivity index (χ4n) is 0.809. The molecule has 0 amide bonds. The quantitative estimate of drug-likeness (QED) is 0.547. The third kappa shape index (κ3) is 1.96. The van der Waals surface area contributed by atoms with Crippen LogP contribution < -0.4 is 0 Å². The van der Waals surface area contributed by atoms with E-state index >= 15 is 0 Å². The van der Waals surface area contributed by atoms with Gasteiger partial charge < -0.3 is 0 Å². The highest BCUT2D eigenvalue weighted by molar-refractivity contribution is 6.34. The van der Waals surface area contributed by atoms with E-state index in [1.807, 2.05) is 0 Å². The van der Waals surface area contributed by atoms with Crippen molar-refractivity contribution in [1.29, 1.82) is 0 Å². The van der Waals surface area contributed by atoms with Gasteiger partial charge in [0.05, 0.1) is 10.6 Å². The van der Waals surface area contributed by atoms with Crippen LogP contribution in [0.5, 0.6) is 0 Å². The van der Waals surface area contributed by atoms with Crippen molar-refractivity contribution in [2.75, 3.05) is 0 Å². The Labute approximate surface area is 80.5 Å². The molecule has 1 aromatic heterocycles. The number of aromatic nitrogens is 1. The van der Waals surface area contributed by atoms with Crippen molar-refractivity contribution in [1.82, 2.24) is 4.98 Å². The zero-order valence-electron chi connectivity index (χ0n) is 6.47. The monoisotopic (exact) mass is 203 g/mol. The number of carbonyl (C=O) groups excluding carboxylic acids is 1. The smallest absolute Gasteiger partial charge is 0.165 e. The number of hydrogen-bond acceptors (Lipinski definition) is 2. The van der Waals surface area contributed by atoms with E-state index in [1.54, 1.807) is 6.92 Å². The fraction of sp³-hybridized carbons (Fsp3) is 0.250. The van der Waals surface area contributed by atoms with E-state index < -0.39 is 0 Å². The predicted molar refractivity (Wildman–Crippen MR) is 48.9 cm³/mol. The van der Waals surface area contributed by atoms with E-state index in [0.717, 1.165) is 0 Å². The van der Waals surface area contributed by atoms with Crippen molar-refractivity contribution in [3.8, 4) is 0 Å². The van der Waals surface area contributed by atoms with Gasteiger partial charge in [-0.3, -0.25) is 4.79 Å². The summed E-state index contributed by atoms with van der Waals surface area (Å²) in [5, 5.41) is 0.641. The molecule has 1 heterocycles. The Morgan fingerprint density at radius 3 is 2.83 bits per heavy atom. The van der Waals surface area contributed by atoms with E-state index in [0.29, 0.717) is 17.0 Å². The Balaban J connectivity index is 3.13. The molecule has 0 unspecified atom stereocenters. The zero-order chi connectivity index (χ0) is 9.14. The molecule has 0 saturated heterocycles. The Morgan fingerprint density at radius 2 is 2.25 bits per heavy atom. The molecule has 0 fully saturated rings. The van der Waals surface area contributed by atoms with Crippen molar-refractivity contribution >= 4 is 29.0 Å². The van der Waals surface area contributed by atoms with E-state index in [9.17, 15) is 4.79 Å². The van der Waals surface area contributed by atoms with E-state index in [2.05, 4.69) is 4.98 Å². The zero-order valence-corrected chi connectivity index (χ0v) is 7.99. The summed E-state index contributed by atoms with van der Waals surface area (Å²) in [5.74, 6) is -0.0463. The minimum Gasteiger partial charge on any atom is -0.294 e. The standard InChI is InChI=1S/C8H7Cl2NO/c1-2-7(12)6-3-5(9)4-11-8(6)10/h3-4H,2H2,1H3. The molecular formula is C8H7Cl2NO. The molecule has 0 aliphatic carbocycles. The maximum atomic E-state index is 11.2. The van der Waals surface area contributed by atoms with Gasteiger partial charge in [-0.15, -0.1) is 0 Å². The summed E-state index contributed by atoms with van der Waals surface area (Å²) in [6, 6.07) is 1.53. The topological polar surface area (TPSA) is 30.0 Å². The van der Waals surface area contributed by atoms with Crippen molar-refractivity contribution in [2.45, 2.75) is 13.3 Å². The molecule has 1 aromatic rings. The first-order valence-corrected chi connectivity index (χ1v) is 4.25. The summed E-state index contributed by atoms with van der Waals surface area (Å²) in [4.78, 5) is 15.0. The Hall–Kier alpha value is -0.600. The summed E-state index contributed by atoms with van der Waals surface area (Å²) in [7, 11) is 0. The van der Waals surface area contributed by atoms with Gasteiger partial charge in [0, 0.05) is 12.6 Å². The number of carbonyl (C=O) groups is 1. The highest BCUT2D eigenvalue weighted by atomic mass is 35.5. The normalized spacial score (nSPS) is 9.92. The molecule has 1 rings (SSSR count). The second kappa shape index (κ2) is 3.87. The van der Waals surface area contributed by atoms with Crippen LogP contribution in [0, 0.1) is 0 Å². The largest absolute Gasteiger partial charge is 0.294 e. The van der Waals surface area contributed by atoms with Gasteiger partial charge in [0.1, 0.15) is 5.15 Å². The molecule has 0 saturated carbocycles. The lowest BCUT2D eigenvalue weighted by molar-refractivity contribution is 0.0988. The first-order chi connectivity index (χ1) is 5.65. The number of Topliss-reactive ketones (excluding diaryl/α,β-unsaturated/α-hetero) is 1. The van der Waals surface area contributed by atoms with Gasteiger partial charge in [0.2, 0.25) is 0 Å². The van der Waals surface area contributed by atoms with Gasteiger partial charge in [-0.1, -0.05) is 30.1 Å². The Bertz CT molecular complexity index is 312. The van der Waals surface area contributed by atoms with Crippen molar-refractivity contribution in [3.05, 3.63) is 28.0 Å². The molecule has 0 radical (unpaired) electrons. The molecule has 0 aliphatic heterocycles. The van der Waals surface area contributed by atoms with Crippen LogP contribution in [0.4, 0.5) is 0 Å². The average molecular weight is 204 g/mol. The SMILES string of the molecule is CCC(=O)c1cc(Cl)cnc1Cl. The molecule has 0 aliphatic rings. The molecule has 12 heavy (non-hydrogen) atoms. The molecule has 2 nitrogen and oxygen atoms in total. The number of hydrogen-bond donors (Lipinski definition) is 0. The number of ketones is 1. The van der Waals surface area contributed by atoms with Gasteiger partial charge in [0.25, 0.3) is 0 Å². The first-order valence-electron chi connectivity index (χ1n) is 3.49. The molecule has 0 N–H and O–H groups in total. The van der Waals surface area contributed by atoms with Crippen LogP contribution in [0.2, 0.25) is 10.2 Å². The lowest BCUT2D eigenvalue weighted by Gasteiger charge is -1.99. The molecule has 0 spiro atoms. The van der Waals surface area contributed by atoms with Crippen LogP contribution in [0.15, 0.2) is 12.3 Å². The van der Waals surface area contributed by atoms with Gasteiger partial charge in [-0.05, 0) is 6.07 Å². The highest BCUT2D eigenvalue weighted by Crippen LogP contribution is 2.18. The van der Waals surface area contributed by atoms with Crippen molar-refractivity contribution in [2.24, 2.45) is 0 Å². The second-order valence-corrected chi connectivity index (χ2v) is 3.06. The first kappa shape index (κ1) is 9.49. The van der Waals surface area contributed by atoms with Crippen LogP contribution in [0.1, 0.15) is 23.7 Å². The predicted octanol–water partition coefficient (Wildman–Crippen LogP) is 2.98. The number of rotatable bonds is 2. The highest BCUT2D eigenvalue weighted by Gasteiger charge is 2.09. The molecular weight excluding hydrogens is 197 g/mol. The minimum absolute atomic E-state index is 0.0463. The summed E-state index contributed by atoms with van der Waals surface area (Å²) < 4.78 is 0. The second-order valence-electron chi connectivity index (χ2n) is 2.27. The lowest BCUT2D eigenvalue weighted by atomic mass is 10.1. The molecule has 64 valence electrons. The molecule has 0 bridgehead atoms. The molecule has 4 heteroatoms. The fourth-order valence-corrected chi connectivity index (χ4v) is 1.18. The van der Waals surface area contributed by atoms with Crippen LogP contribution in [0.3, 0.4) is 0 Å². The minimum atomic E-state index is -0.0463. The van der Waals surface area contributed by atoms with E-state index in [-0.39, 0.29) is 10.9 Å². The number of pyridine rings is 1. The number of nitrogens with zero attached hydrogens (tertiary/aromatic N) is 1. The maximum absolute atomic E-state index is 11.2. The summed E-state index contributed by atoms with van der Waals surface area (Å²) in [5.41, 5.74) is 0.395. The lowest BCUT2D eigenvalue weighted by Crippen LogP contribution is -1.98. The summed E-state index contributed by atoms with van der Waals surface area (Å²) in [6.07, 6.45) is 1.82. The Morgan fingerprint density at radius 1 is 1.58 bits per heavy atom. The van der Waals surface area contributed by atoms with Crippen LogP contribution >= 0.6 is 23.2 Å². The van der Waals surface area contributed by atoms with Gasteiger partial charge in [0.15, 0.2) is 5.78 Å². The maximum Gasteiger partial charge on any atom is 0.165 e. The van der Waals surface area contributed by atoms with E-state index in [4.69, 9.17) is 23.2 Å². The Kier molecular flexibility index (Phi) is 3.06.